The van der Waals surface area contributed by atoms with Gasteiger partial charge in [-0.15, -0.1) is 11.3 Å². The Hall–Kier alpha value is -5.32. The number of hydrogen-bond acceptors (Lipinski definition) is 3. The second-order valence-electron chi connectivity index (χ2n) is 12.7. The molecule has 0 bridgehead atoms. The number of nitrogens with zero attached hydrogens (tertiary/aromatic N) is 2. The van der Waals surface area contributed by atoms with E-state index in [1.807, 2.05) is 53.8 Å². The summed E-state index contributed by atoms with van der Waals surface area (Å²) in [6.45, 7) is 6.82. The lowest BCUT2D eigenvalue weighted by molar-refractivity contribution is 0.667. The zero-order valence-electron chi connectivity index (χ0n) is 25.9. The number of benzene rings is 5. The molecule has 2 aliphatic carbocycles. The summed E-state index contributed by atoms with van der Waals surface area (Å²) in [6.07, 6.45) is 4.15. The second-order valence-corrected chi connectivity index (χ2v) is 13.8. The minimum atomic E-state index is -0.0546. The van der Waals surface area contributed by atoms with E-state index in [4.69, 9.17) is 4.99 Å². The molecule has 0 unspecified atom stereocenters. The van der Waals surface area contributed by atoms with Crippen LogP contribution < -0.4 is 0 Å². The highest BCUT2D eigenvalue weighted by Crippen LogP contribution is 2.56. The Labute approximate surface area is 272 Å². The van der Waals surface area contributed by atoms with Crippen molar-refractivity contribution < 1.29 is 0 Å². The number of fused-ring (bicyclic) bond motifs is 10. The van der Waals surface area contributed by atoms with Crippen molar-refractivity contribution in [2.24, 2.45) is 4.99 Å². The van der Waals surface area contributed by atoms with Crippen LogP contribution in [0.25, 0.3) is 54.1 Å². The lowest BCUT2D eigenvalue weighted by Crippen LogP contribution is -2.14. The minimum absolute atomic E-state index is 0.0546. The molecule has 0 amide bonds. The molecular formula is C42H31N3S. The second kappa shape index (κ2) is 9.84. The topological polar surface area (TPSA) is 41.1 Å². The Bertz CT molecular complexity index is 2520. The molecule has 220 valence electrons. The third kappa shape index (κ3) is 3.71. The smallest absolute Gasteiger partial charge is 0.111 e. The van der Waals surface area contributed by atoms with Crippen LogP contribution >= 0.6 is 11.3 Å². The summed E-state index contributed by atoms with van der Waals surface area (Å²) in [5, 5.41) is 13.1. The summed E-state index contributed by atoms with van der Waals surface area (Å²) in [5.41, 5.74) is 11.5. The molecule has 2 heterocycles. The molecule has 9 rings (SSSR count). The molecule has 0 radical (unpaired) electrons. The Balaban J connectivity index is 1.31. The van der Waals surface area contributed by atoms with Crippen LogP contribution in [0.15, 0.2) is 132 Å². The molecule has 3 nitrogen and oxygen atoms in total. The molecule has 5 aromatic carbocycles. The molecule has 2 aromatic heterocycles. The summed E-state index contributed by atoms with van der Waals surface area (Å²) in [4.78, 5) is 6.78. The van der Waals surface area contributed by atoms with Crippen LogP contribution in [0.4, 0.5) is 0 Å². The largest absolute Gasteiger partial charge is 0.300 e. The zero-order valence-corrected chi connectivity index (χ0v) is 26.7. The van der Waals surface area contributed by atoms with Gasteiger partial charge in [-0.3, -0.25) is 9.98 Å². The van der Waals surface area contributed by atoms with Gasteiger partial charge in [0.05, 0.1) is 22.4 Å². The van der Waals surface area contributed by atoms with E-state index in [9.17, 15) is 5.41 Å². The van der Waals surface area contributed by atoms with Crippen molar-refractivity contribution in [3.8, 4) is 10.4 Å². The number of aliphatic imine (C=N–C) groups is 1. The molecule has 0 atom stereocenters. The van der Waals surface area contributed by atoms with Crippen LogP contribution in [0.3, 0.4) is 0 Å². The maximum absolute atomic E-state index is 9.23. The van der Waals surface area contributed by atoms with Gasteiger partial charge in [0.15, 0.2) is 0 Å². The van der Waals surface area contributed by atoms with Gasteiger partial charge < -0.3 is 0 Å². The number of nitrogens with one attached hydrogen (secondary N) is 1. The molecule has 7 aromatic rings. The molecular weight excluding hydrogens is 579 g/mol. The highest BCUT2D eigenvalue weighted by molar-refractivity contribution is 7.23. The highest BCUT2D eigenvalue weighted by Gasteiger charge is 2.39. The van der Waals surface area contributed by atoms with Gasteiger partial charge in [0.1, 0.15) is 5.84 Å². The van der Waals surface area contributed by atoms with E-state index >= 15 is 0 Å². The number of rotatable bonds is 2. The molecule has 4 heteroatoms. The summed E-state index contributed by atoms with van der Waals surface area (Å²) in [5.74, 6) is 0.867. The quantitative estimate of drug-likeness (QED) is 0.150. The zero-order chi connectivity index (χ0) is 31.2. The van der Waals surface area contributed by atoms with Gasteiger partial charge in [0, 0.05) is 42.5 Å². The number of para-hydroxylation sites is 1. The van der Waals surface area contributed by atoms with Crippen LogP contribution in [0.1, 0.15) is 48.6 Å². The van der Waals surface area contributed by atoms with Crippen molar-refractivity contribution in [3.05, 3.63) is 155 Å². The van der Waals surface area contributed by atoms with Gasteiger partial charge in [0.25, 0.3) is 0 Å². The van der Waals surface area contributed by atoms with E-state index in [2.05, 4.69) is 110 Å². The summed E-state index contributed by atoms with van der Waals surface area (Å²) in [7, 11) is 0. The third-order valence-electron chi connectivity index (χ3n) is 9.79. The standard InChI is InChI=1S/C42H31N3S/c1-25(44-39(27-14-5-4-6-15-27)32-22-21-26-13-7-8-16-28(26)38(32)43)45-34-20-12-10-18-30(34)36-35(45)24-23-31-37-41(46-40(31)36)29-17-9-11-19-33(29)42(37,2)3/h4-24,43H,1-3H3/b39-32-,43-38?,44-25?. The fourth-order valence-corrected chi connectivity index (χ4v) is 9.24. The number of allylic oxidation sites excluding steroid dienone is 2. The Morgan fingerprint density at radius 3 is 2.28 bits per heavy atom. The third-order valence-corrected chi connectivity index (χ3v) is 11.0. The Kier molecular flexibility index (Phi) is 5.78. The predicted molar refractivity (Wildman–Crippen MR) is 197 cm³/mol. The van der Waals surface area contributed by atoms with Gasteiger partial charge in [0.2, 0.25) is 0 Å². The van der Waals surface area contributed by atoms with Gasteiger partial charge in [-0.2, -0.15) is 0 Å². The van der Waals surface area contributed by atoms with Crippen LogP contribution in [-0.2, 0) is 5.41 Å². The molecule has 0 spiro atoms. The Morgan fingerprint density at radius 2 is 1.43 bits per heavy atom. The van der Waals surface area contributed by atoms with E-state index in [-0.39, 0.29) is 5.41 Å². The minimum Gasteiger partial charge on any atom is -0.300 e. The molecule has 0 aliphatic heterocycles. The van der Waals surface area contributed by atoms with Crippen LogP contribution in [-0.4, -0.2) is 16.1 Å². The van der Waals surface area contributed by atoms with Crippen molar-refractivity contribution in [3.63, 3.8) is 0 Å². The molecule has 46 heavy (non-hydrogen) atoms. The van der Waals surface area contributed by atoms with Crippen LogP contribution in [0.2, 0.25) is 0 Å². The van der Waals surface area contributed by atoms with E-state index in [0.717, 1.165) is 44.8 Å². The van der Waals surface area contributed by atoms with Gasteiger partial charge in [-0.1, -0.05) is 123 Å². The van der Waals surface area contributed by atoms with E-state index < -0.39 is 0 Å². The SMILES string of the molecule is CC(=N/C(=C1/C=Cc2ccccc2C1=N)c1ccccc1)n1c2ccccc2c2c3sc4c(c3ccc21)C(C)(C)c1ccccc1-4. The summed E-state index contributed by atoms with van der Waals surface area (Å²) >= 11 is 1.93. The first kappa shape index (κ1) is 27.0. The lowest BCUT2D eigenvalue weighted by Gasteiger charge is -2.21. The maximum Gasteiger partial charge on any atom is 0.111 e. The van der Waals surface area contributed by atoms with Crippen molar-refractivity contribution in [1.29, 1.82) is 5.41 Å². The highest BCUT2D eigenvalue weighted by atomic mass is 32.1. The van der Waals surface area contributed by atoms with Crippen LogP contribution in [0.5, 0.6) is 0 Å². The number of thiophene rings is 1. The molecule has 2 aliphatic rings. The van der Waals surface area contributed by atoms with Crippen molar-refractivity contribution in [2.75, 3.05) is 0 Å². The number of aromatic nitrogens is 1. The molecule has 0 saturated heterocycles. The van der Waals surface area contributed by atoms with E-state index in [1.165, 1.54) is 42.4 Å². The Morgan fingerprint density at radius 1 is 0.717 bits per heavy atom. The first-order chi connectivity index (χ1) is 22.4. The lowest BCUT2D eigenvalue weighted by atomic mass is 9.81. The van der Waals surface area contributed by atoms with E-state index in [1.54, 1.807) is 0 Å². The summed E-state index contributed by atoms with van der Waals surface area (Å²) in [6, 6.07) is 40.6. The predicted octanol–water partition coefficient (Wildman–Crippen LogP) is 11.1. The monoisotopic (exact) mass is 609 g/mol. The van der Waals surface area contributed by atoms with Crippen molar-refractivity contribution in [2.45, 2.75) is 26.2 Å². The molecule has 0 saturated carbocycles. The fraction of sp³-hybridized carbons (Fsp3) is 0.0952. The first-order valence-electron chi connectivity index (χ1n) is 15.7. The normalized spacial score (nSPS) is 16.2. The van der Waals surface area contributed by atoms with Crippen molar-refractivity contribution >= 4 is 66.5 Å². The van der Waals surface area contributed by atoms with Crippen LogP contribution in [0, 0.1) is 5.41 Å². The molecule has 0 fully saturated rings. The maximum atomic E-state index is 9.23. The first-order valence-corrected chi connectivity index (χ1v) is 16.6. The average molecular weight is 610 g/mol. The number of hydrogen-bond donors (Lipinski definition) is 1. The van der Waals surface area contributed by atoms with Gasteiger partial charge in [-0.05, 0) is 52.8 Å². The van der Waals surface area contributed by atoms with Gasteiger partial charge in [-0.25, -0.2) is 4.99 Å². The molecule has 1 N–H and O–H groups in total. The van der Waals surface area contributed by atoms with Gasteiger partial charge >= 0.3 is 0 Å². The average Bonchev–Trinajstić information content (AvgIpc) is 3.71. The fourth-order valence-electron chi connectivity index (χ4n) is 7.68. The van der Waals surface area contributed by atoms with E-state index in [0.29, 0.717) is 5.71 Å². The van der Waals surface area contributed by atoms with Crippen molar-refractivity contribution in [1.82, 2.24) is 4.57 Å². The summed E-state index contributed by atoms with van der Waals surface area (Å²) < 4.78 is 3.64.